The van der Waals surface area contributed by atoms with Gasteiger partial charge in [0.15, 0.2) is 0 Å². The molecule has 0 fully saturated rings. The van der Waals surface area contributed by atoms with Crippen LogP contribution in [0.3, 0.4) is 0 Å². The third-order valence-corrected chi connectivity index (χ3v) is 2.39. The fourth-order valence-electron chi connectivity index (χ4n) is 1.45. The Morgan fingerprint density at radius 1 is 1.42 bits per heavy atom. The van der Waals surface area contributed by atoms with Gasteiger partial charge in [-0.05, 0) is 12.8 Å². The van der Waals surface area contributed by atoms with Gasteiger partial charge in [-0.3, -0.25) is 4.79 Å². The summed E-state index contributed by atoms with van der Waals surface area (Å²) in [6.07, 6.45) is 0.415. The summed E-state index contributed by atoms with van der Waals surface area (Å²) in [5, 5.41) is 5.95. The fourth-order valence-corrected chi connectivity index (χ4v) is 1.45. The number of rotatable bonds is 7. The van der Waals surface area contributed by atoms with E-state index in [1.807, 2.05) is 0 Å². The van der Waals surface area contributed by atoms with Gasteiger partial charge in [-0.2, -0.15) is 4.98 Å². The Hall–Kier alpha value is -1.85. The van der Waals surface area contributed by atoms with Crippen LogP contribution in [0.2, 0.25) is 0 Å². The SMILES string of the molecule is COc1cc(NCCC(=O)NCC(C)C)nc(C)n1. The van der Waals surface area contributed by atoms with Crippen molar-refractivity contribution < 1.29 is 9.53 Å². The quantitative estimate of drug-likeness (QED) is 0.779. The highest BCUT2D eigenvalue weighted by Crippen LogP contribution is 2.12. The number of aryl methyl sites for hydroxylation is 1. The molecule has 6 heteroatoms. The second-order valence-corrected chi connectivity index (χ2v) is 4.72. The van der Waals surface area contributed by atoms with Crippen LogP contribution in [-0.2, 0) is 4.79 Å². The van der Waals surface area contributed by atoms with Crippen LogP contribution >= 0.6 is 0 Å². The molecule has 0 atom stereocenters. The van der Waals surface area contributed by atoms with Gasteiger partial charge in [0.05, 0.1) is 7.11 Å². The molecule has 0 aromatic carbocycles. The molecule has 0 saturated carbocycles. The minimum Gasteiger partial charge on any atom is -0.481 e. The van der Waals surface area contributed by atoms with Gasteiger partial charge in [-0.15, -0.1) is 0 Å². The van der Waals surface area contributed by atoms with E-state index in [4.69, 9.17) is 4.74 Å². The maximum atomic E-state index is 11.5. The van der Waals surface area contributed by atoms with Crippen molar-refractivity contribution in [2.24, 2.45) is 5.92 Å². The first-order valence-corrected chi connectivity index (χ1v) is 6.41. The molecule has 0 unspecified atom stereocenters. The molecule has 0 bridgehead atoms. The van der Waals surface area contributed by atoms with Crippen molar-refractivity contribution in [3.8, 4) is 5.88 Å². The molecular formula is C13H22N4O2. The van der Waals surface area contributed by atoms with Crippen molar-refractivity contribution >= 4 is 11.7 Å². The Morgan fingerprint density at radius 2 is 2.16 bits per heavy atom. The van der Waals surface area contributed by atoms with Crippen molar-refractivity contribution in [1.82, 2.24) is 15.3 Å². The number of ether oxygens (including phenoxy) is 1. The van der Waals surface area contributed by atoms with Crippen molar-refractivity contribution in [1.29, 1.82) is 0 Å². The van der Waals surface area contributed by atoms with Crippen LogP contribution in [0.15, 0.2) is 6.07 Å². The van der Waals surface area contributed by atoms with Gasteiger partial charge in [0.2, 0.25) is 11.8 Å². The predicted molar refractivity (Wildman–Crippen MR) is 74.3 cm³/mol. The van der Waals surface area contributed by atoms with Gasteiger partial charge in [0, 0.05) is 25.6 Å². The number of hydrogen-bond acceptors (Lipinski definition) is 5. The Balaban J connectivity index is 2.36. The molecule has 19 heavy (non-hydrogen) atoms. The molecule has 1 rings (SSSR count). The Labute approximate surface area is 114 Å². The Kier molecular flexibility index (Phi) is 6.05. The lowest BCUT2D eigenvalue weighted by atomic mass is 10.2. The van der Waals surface area contributed by atoms with E-state index in [9.17, 15) is 4.79 Å². The number of hydrogen-bond donors (Lipinski definition) is 2. The van der Waals surface area contributed by atoms with Gasteiger partial charge in [0.1, 0.15) is 11.6 Å². The third kappa shape index (κ3) is 6.03. The molecule has 0 aliphatic rings. The topological polar surface area (TPSA) is 76.1 Å². The van der Waals surface area contributed by atoms with Crippen molar-refractivity contribution in [2.75, 3.05) is 25.5 Å². The van der Waals surface area contributed by atoms with Crippen LogP contribution in [0.25, 0.3) is 0 Å². The van der Waals surface area contributed by atoms with Crippen LogP contribution in [0, 0.1) is 12.8 Å². The van der Waals surface area contributed by atoms with Crippen LogP contribution in [-0.4, -0.2) is 36.1 Å². The Bertz CT molecular complexity index is 421. The smallest absolute Gasteiger partial charge is 0.221 e. The highest BCUT2D eigenvalue weighted by atomic mass is 16.5. The number of methoxy groups -OCH3 is 1. The fraction of sp³-hybridized carbons (Fsp3) is 0.615. The lowest BCUT2D eigenvalue weighted by Gasteiger charge is -2.09. The van der Waals surface area contributed by atoms with E-state index in [0.717, 1.165) is 0 Å². The first kappa shape index (κ1) is 15.2. The molecule has 0 saturated heterocycles. The summed E-state index contributed by atoms with van der Waals surface area (Å²) in [6, 6.07) is 1.71. The second kappa shape index (κ2) is 7.56. The van der Waals surface area contributed by atoms with E-state index in [-0.39, 0.29) is 5.91 Å². The van der Waals surface area contributed by atoms with Crippen LogP contribution in [0.4, 0.5) is 5.82 Å². The summed E-state index contributed by atoms with van der Waals surface area (Å²) >= 11 is 0. The molecular weight excluding hydrogens is 244 g/mol. The van der Waals surface area contributed by atoms with E-state index in [1.165, 1.54) is 0 Å². The van der Waals surface area contributed by atoms with Crippen LogP contribution < -0.4 is 15.4 Å². The lowest BCUT2D eigenvalue weighted by Crippen LogP contribution is -2.28. The molecule has 0 spiro atoms. The first-order valence-electron chi connectivity index (χ1n) is 6.41. The molecule has 106 valence electrons. The van der Waals surface area contributed by atoms with Gasteiger partial charge in [-0.1, -0.05) is 13.8 Å². The summed E-state index contributed by atoms with van der Waals surface area (Å²) in [5.41, 5.74) is 0. The molecule has 1 amide bonds. The highest BCUT2D eigenvalue weighted by molar-refractivity contribution is 5.76. The average molecular weight is 266 g/mol. The summed E-state index contributed by atoms with van der Waals surface area (Å²) in [7, 11) is 1.56. The number of carbonyl (C=O) groups is 1. The zero-order chi connectivity index (χ0) is 14.3. The number of carbonyl (C=O) groups excluding carboxylic acids is 1. The summed E-state index contributed by atoms with van der Waals surface area (Å²) in [6.45, 7) is 7.16. The molecule has 1 aromatic rings. The van der Waals surface area contributed by atoms with E-state index < -0.39 is 0 Å². The second-order valence-electron chi connectivity index (χ2n) is 4.72. The monoisotopic (exact) mass is 266 g/mol. The number of anilines is 1. The maximum Gasteiger partial charge on any atom is 0.221 e. The number of aromatic nitrogens is 2. The van der Waals surface area contributed by atoms with Crippen molar-refractivity contribution in [2.45, 2.75) is 27.2 Å². The molecule has 1 aromatic heterocycles. The average Bonchev–Trinajstić information content (AvgIpc) is 2.35. The van der Waals surface area contributed by atoms with E-state index in [2.05, 4.69) is 34.4 Å². The largest absolute Gasteiger partial charge is 0.481 e. The van der Waals surface area contributed by atoms with Gasteiger partial charge < -0.3 is 15.4 Å². The van der Waals surface area contributed by atoms with E-state index >= 15 is 0 Å². The van der Waals surface area contributed by atoms with Gasteiger partial charge >= 0.3 is 0 Å². The van der Waals surface area contributed by atoms with E-state index in [0.29, 0.717) is 43.0 Å². The summed E-state index contributed by atoms with van der Waals surface area (Å²) in [5.74, 6) is 2.32. The summed E-state index contributed by atoms with van der Waals surface area (Å²) in [4.78, 5) is 19.8. The predicted octanol–water partition coefficient (Wildman–Crippen LogP) is 1.37. The zero-order valence-electron chi connectivity index (χ0n) is 12.0. The molecule has 0 radical (unpaired) electrons. The standard InChI is InChI=1S/C13H22N4O2/c1-9(2)8-15-12(18)5-6-14-11-7-13(19-4)17-10(3)16-11/h7,9H,5-6,8H2,1-4H3,(H,15,18)(H,14,16,17). The van der Waals surface area contributed by atoms with Crippen LogP contribution in [0.1, 0.15) is 26.1 Å². The highest BCUT2D eigenvalue weighted by Gasteiger charge is 2.04. The van der Waals surface area contributed by atoms with Crippen molar-refractivity contribution in [3.63, 3.8) is 0 Å². The normalized spacial score (nSPS) is 10.4. The molecule has 1 heterocycles. The first-order chi connectivity index (χ1) is 9.01. The van der Waals surface area contributed by atoms with Gasteiger partial charge in [0.25, 0.3) is 0 Å². The number of nitrogens with one attached hydrogen (secondary N) is 2. The zero-order valence-corrected chi connectivity index (χ0v) is 12.0. The molecule has 0 aliphatic heterocycles. The molecule has 2 N–H and O–H groups in total. The minimum absolute atomic E-state index is 0.0407. The number of amides is 1. The lowest BCUT2D eigenvalue weighted by molar-refractivity contribution is -0.120. The van der Waals surface area contributed by atoms with Crippen molar-refractivity contribution in [3.05, 3.63) is 11.9 Å². The maximum absolute atomic E-state index is 11.5. The number of nitrogens with zero attached hydrogens (tertiary/aromatic N) is 2. The van der Waals surface area contributed by atoms with Gasteiger partial charge in [-0.25, -0.2) is 4.98 Å². The molecule has 6 nitrogen and oxygen atoms in total. The summed E-state index contributed by atoms with van der Waals surface area (Å²) < 4.78 is 5.06. The molecule has 0 aliphatic carbocycles. The van der Waals surface area contributed by atoms with Crippen LogP contribution in [0.5, 0.6) is 5.88 Å². The third-order valence-electron chi connectivity index (χ3n) is 2.39. The minimum atomic E-state index is 0.0407. The van der Waals surface area contributed by atoms with E-state index in [1.54, 1.807) is 20.1 Å². The Morgan fingerprint density at radius 3 is 2.79 bits per heavy atom.